The van der Waals surface area contributed by atoms with E-state index in [1.165, 1.54) is 96.2 Å². The topological polar surface area (TPSA) is 78.4 Å². The van der Waals surface area contributed by atoms with Crippen molar-refractivity contribution in [2.45, 2.75) is 156 Å². The minimum Gasteiger partial charge on any atom is -0.421 e. The van der Waals surface area contributed by atoms with Crippen molar-refractivity contribution in [2.24, 2.45) is 0 Å². The first-order valence-electron chi connectivity index (χ1n) is 22.2. The van der Waals surface area contributed by atoms with E-state index in [4.69, 9.17) is 9.47 Å². The van der Waals surface area contributed by atoms with Gasteiger partial charge in [-0.15, -0.1) is 22.7 Å². The van der Waals surface area contributed by atoms with E-state index in [-0.39, 0.29) is 11.1 Å². The average molecular weight is 819 g/mol. The van der Waals surface area contributed by atoms with Gasteiger partial charge in [0.1, 0.15) is 11.5 Å². The summed E-state index contributed by atoms with van der Waals surface area (Å²) in [5.74, 6) is 0.0544. The van der Waals surface area contributed by atoms with Gasteiger partial charge in [-0.1, -0.05) is 117 Å². The molecule has 308 valence electrons. The highest BCUT2D eigenvalue weighted by Gasteiger charge is 2.36. The molecule has 6 nitrogen and oxygen atoms in total. The molecule has 0 N–H and O–H groups in total. The zero-order valence-electron chi connectivity index (χ0n) is 35.3. The Morgan fingerprint density at radius 2 is 0.810 bits per heavy atom. The Bertz CT molecular complexity index is 1920. The third-order valence-corrected chi connectivity index (χ3v) is 14.0. The van der Waals surface area contributed by atoms with Crippen molar-refractivity contribution in [3.8, 4) is 20.9 Å². The smallest absolute Gasteiger partial charge is 0.344 e. The number of carbonyl (C=O) groups excluding carboxylic acids is 2. The fraction of sp³-hybridized carbons (Fsp3) is 0.480. The molecule has 0 saturated heterocycles. The highest BCUT2D eigenvalue weighted by molar-refractivity contribution is 7.17. The van der Waals surface area contributed by atoms with Crippen LogP contribution in [0.25, 0.3) is 32.4 Å². The summed E-state index contributed by atoms with van der Waals surface area (Å²) in [6.45, 7) is 8.96. The summed E-state index contributed by atoms with van der Waals surface area (Å²) < 4.78 is 12.3. The molecule has 0 aromatic carbocycles. The number of hydrogen-bond donors (Lipinski definition) is 0. The number of hydrogen-bond acceptors (Lipinski definition) is 8. The van der Waals surface area contributed by atoms with Crippen LogP contribution in [0.4, 0.5) is 0 Å². The monoisotopic (exact) mass is 818 g/mol. The van der Waals surface area contributed by atoms with E-state index in [1.54, 1.807) is 34.8 Å². The average Bonchev–Trinajstić information content (AvgIpc) is 4.02. The van der Waals surface area contributed by atoms with Gasteiger partial charge in [-0.3, -0.25) is 9.97 Å². The van der Waals surface area contributed by atoms with Gasteiger partial charge in [0.25, 0.3) is 0 Å². The summed E-state index contributed by atoms with van der Waals surface area (Å²) in [7, 11) is 0. The Balaban J connectivity index is 1.42. The van der Waals surface area contributed by atoms with E-state index < -0.39 is 11.9 Å². The van der Waals surface area contributed by atoms with Crippen LogP contribution in [-0.2, 0) is 44.7 Å². The summed E-state index contributed by atoms with van der Waals surface area (Å²) >= 11 is 3.38. The van der Waals surface area contributed by atoms with Crippen LogP contribution < -0.4 is 0 Å². The van der Waals surface area contributed by atoms with Gasteiger partial charge in [0.15, 0.2) is 0 Å². The van der Waals surface area contributed by atoms with Gasteiger partial charge in [-0.2, -0.15) is 0 Å². The molecule has 0 saturated carbocycles. The molecule has 6 rings (SSSR count). The highest BCUT2D eigenvalue weighted by atomic mass is 32.1. The fourth-order valence-corrected chi connectivity index (χ4v) is 10.9. The first-order valence-corrected chi connectivity index (χ1v) is 23.8. The number of nitrogens with zero attached hydrogens (tertiary/aromatic N) is 2. The van der Waals surface area contributed by atoms with Gasteiger partial charge >= 0.3 is 11.9 Å². The summed E-state index contributed by atoms with van der Waals surface area (Å²) in [5.41, 5.74) is 7.94. The minimum absolute atomic E-state index is 0.265. The quantitative estimate of drug-likeness (QED) is 0.0398. The molecule has 8 heteroatoms. The van der Waals surface area contributed by atoms with Crippen LogP contribution in [0.5, 0.6) is 0 Å². The van der Waals surface area contributed by atoms with E-state index in [9.17, 15) is 9.59 Å². The standard InChI is InChI=1S/C50H62N2O4S2/c1-5-9-13-17-25-37-39(27-19-15-11-7-3)47(57-45(37)35-23-21-29-51-33-35)43-31-41(49(53)55-43)42-32-44(56-50(42)54)48-40(28-20-16-12-8-4)38(26-18-14-10-6-2)46(58-48)36-24-22-30-52-34-36/h21-24,29-34H,5-20,25-28H2,1-4H3/b42-41+. The lowest BCUT2D eigenvalue weighted by molar-refractivity contribution is -0.133. The van der Waals surface area contributed by atoms with E-state index in [0.29, 0.717) is 11.5 Å². The Hall–Kier alpha value is -4.14. The van der Waals surface area contributed by atoms with E-state index in [0.717, 1.165) is 85.1 Å². The van der Waals surface area contributed by atoms with Crippen molar-refractivity contribution in [3.05, 3.63) is 104 Å². The zero-order chi connectivity index (χ0) is 40.7. The van der Waals surface area contributed by atoms with Crippen LogP contribution in [0.2, 0.25) is 0 Å². The van der Waals surface area contributed by atoms with Gasteiger partial charge in [0.05, 0.1) is 20.9 Å². The van der Waals surface area contributed by atoms with E-state index >= 15 is 0 Å². The van der Waals surface area contributed by atoms with Crippen LogP contribution >= 0.6 is 22.7 Å². The Morgan fingerprint density at radius 1 is 0.466 bits per heavy atom. The molecule has 0 radical (unpaired) electrons. The molecule has 0 unspecified atom stereocenters. The Kier molecular flexibility index (Phi) is 16.7. The summed E-state index contributed by atoms with van der Waals surface area (Å²) in [6.07, 6.45) is 33.5. The molecular weight excluding hydrogens is 757 g/mol. The largest absolute Gasteiger partial charge is 0.421 e. The number of pyridine rings is 2. The number of carbonyl (C=O) groups is 2. The molecular formula is C50H62N2O4S2. The summed E-state index contributed by atoms with van der Waals surface area (Å²) in [6, 6.07) is 8.23. The lowest BCUT2D eigenvalue weighted by Gasteiger charge is -2.10. The van der Waals surface area contributed by atoms with Gasteiger partial charge < -0.3 is 9.47 Å². The Labute approximate surface area is 354 Å². The van der Waals surface area contributed by atoms with Crippen molar-refractivity contribution in [1.29, 1.82) is 0 Å². The number of cyclic esters (lactones) is 2. The van der Waals surface area contributed by atoms with Gasteiger partial charge in [0, 0.05) is 45.7 Å². The van der Waals surface area contributed by atoms with Crippen molar-refractivity contribution < 1.29 is 19.1 Å². The molecule has 0 fully saturated rings. The van der Waals surface area contributed by atoms with Crippen LogP contribution in [-0.4, -0.2) is 21.9 Å². The molecule has 2 aliphatic rings. The molecule has 0 bridgehead atoms. The molecule has 4 aromatic heterocycles. The maximum absolute atomic E-state index is 13.9. The first-order chi connectivity index (χ1) is 28.5. The number of ether oxygens (including phenoxy) is 2. The normalized spacial score (nSPS) is 15.2. The second-order valence-corrected chi connectivity index (χ2v) is 17.8. The minimum atomic E-state index is -0.504. The predicted octanol–water partition coefficient (Wildman–Crippen LogP) is 14.2. The third kappa shape index (κ3) is 10.7. The lowest BCUT2D eigenvalue weighted by Crippen LogP contribution is -2.05. The number of esters is 2. The van der Waals surface area contributed by atoms with E-state index in [1.807, 2.05) is 36.9 Å². The fourth-order valence-electron chi connectivity index (χ4n) is 8.18. The number of aromatic nitrogens is 2. The number of thiophene rings is 2. The van der Waals surface area contributed by atoms with Gasteiger partial charge in [-0.25, -0.2) is 9.59 Å². The second kappa shape index (κ2) is 22.3. The molecule has 0 amide bonds. The SMILES string of the molecule is CCCCCCc1c(C2=C/C(=C3/C=C(c4sc(-c5cccnc5)c(CCCCCC)c4CCCCCC)OC3=O)C(=O)O2)sc(-c2cccnc2)c1CCCCCC. The van der Waals surface area contributed by atoms with Crippen LogP contribution in [0.15, 0.2) is 72.4 Å². The molecule has 0 spiro atoms. The third-order valence-electron chi connectivity index (χ3n) is 11.3. The molecule has 2 aliphatic heterocycles. The van der Waals surface area contributed by atoms with Crippen LogP contribution in [0.3, 0.4) is 0 Å². The maximum atomic E-state index is 13.9. The van der Waals surface area contributed by atoms with Crippen molar-refractivity contribution >= 4 is 46.1 Å². The molecule has 58 heavy (non-hydrogen) atoms. The van der Waals surface area contributed by atoms with E-state index in [2.05, 4.69) is 49.8 Å². The molecule has 4 aromatic rings. The molecule has 6 heterocycles. The van der Waals surface area contributed by atoms with Crippen LogP contribution in [0, 0.1) is 0 Å². The highest BCUT2D eigenvalue weighted by Crippen LogP contribution is 2.47. The maximum Gasteiger partial charge on any atom is 0.344 e. The molecule has 0 atom stereocenters. The number of rotatable bonds is 24. The summed E-state index contributed by atoms with van der Waals surface area (Å²) in [5, 5.41) is 0. The lowest BCUT2D eigenvalue weighted by atomic mass is 9.94. The van der Waals surface area contributed by atoms with Crippen molar-refractivity contribution in [2.75, 3.05) is 0 Å². The van der Waals surface area contributed by atoms with Crippen LogP contribution in [0.1, 0.15) is 162 Å². The van der Waals surface area contributed by atoms with Gasteiger partial charge in [-0.05, 0) is 97.9 Å². The first kappa shape index (κ1) is 43.4. The zero-order valence-corrected chi connectivity index (χ0v) is 36.9. The van der Waals surface area contributed by atoms with Gasteiger partial charge in [0.2, 0.25) is 0 Å². The number of unbranched alkanes of at least 4 members (excludes halogenated alkanes) is 12. The predicted molar refractivity (Wildman–Crippen MR) is 242 cm³/mol. The molecule has 0 aliphatic carbocycles. The second-order valence-electron chi connectivity index (χ2n) is 15.8. The Morgan fingerprint density at radius 3 is 1.12 bits per heavy atom. The summed E-state index contributed by atoms with van der Waals surface area (Å²) in [4.78, 5) is 41.0. The van der Waals surface area contributed by atoms with Crippen molar-refractivity contribution in [3.63, 3.8) is 0 Å². The van der Waals surface area contributed by atoms with Crippen molar-refractivity contribution in [1.82, 2.24) is 9.97 Å².